The molecular weight excluding hydrogens is 667 g/mol. The number of fused-ring (bicyclic) bond motifs is 5. The highest BCUT2D eigenvalue weighted by atomic mass is 32.2. The Morgan fingerprint density at radius 1 is 1.00 bits per heavy atom. The molecule has 0 unspecified atom stereocenters. The Hall–Kier alpha value is -4.42. The number of ether oxygens (including phenoxy) is 2. The molecule has 2 amide bonds. The predicted molar refractivity (Wildman–Crippen MR) is 196 cm³/mol. The maximum absolute atomic E-state index is 14.3. The summed E-state index contributed by atoms with van der Waals surface area (Å²) in [5, 5.41) is 0.301. The number of nitrogens with zero attached hydrogens (tertiary/aromatic N) is 4. The average molecular weight is 712 g/mol. The third-order valence-electron chi connectivity index (χ3n) is 10.9. The minimum Gasteiger partial charge on any atom is -0.497 e. The lowest BCUT2D eigenvalue weighted by Crippen LogP contribution is -2.41. The van der Waals surface area contributed by atoms with Crippen molar-refractivity contribution in [3.05, 3.63) is 70.8 Å². The molecule has 2 saturated carbocycles. The van der Waals surface area contributed by atoms with E-state index in [1.165, 1.54) is 12.0 Å². The maximum Gasteiger partial charge on any atom is 0.272 e. The van der Waals surface area contributed by atoms with E-state index in [1.807, 2.05) is 35.5 Å². The van der Waals surface area contributed by atoms with Crippen molar-refractivity contribution in [3.8, 4) is 17.0 Å². The Bertz CT molecular complexity index is 2160. The Balaban J connectivity index is 1.34. The number of rotatable bonds is 8. The number of carbonyl (C=O) groups excluding carboxylic acids is 2. The number of sulfonamides is 1. The van der Waals surface area contributed by atoms with Crippen molar-refractivity contribution in [2.75, 3.05) is 33.4 Å². The highest BCUT2D eigenvalue weighted by molar-refractivity contribution is 7.90. The standard InChI is InChI=1S/C39H45N5O6S/c1-24(2)51(47,48)41-38(45)26-9-13-32-33(21-26)43-22-28(35-37(44(23-40-35)29-10-11-29)39(46)42-15-17-50-18-16-42)19-27-20-30(49-3)12-14-31(27)36(43)34(32)25-7-5-4-6-8-25/h9,12-14,19-21,23-25,29H,4-8,10-11,15-18,22H2,1-3H3,(H,41,45). The molecule has 51 heavy (non-hydrogen) atoms. The fourth-order valence-electron chi connectivity index (χ4n) is 7.99. The summed E-state index contributed by atoms with van der Waals surface area (Å²) in [6.45, 7) is 5.56. The van der Waals surface area contributed by atoms with Gasteiger partial charge in [0, 0.05) is 46.7 Å². The second kappa shape index (κ2) is 13.3. The van der Waals surface area contributed by atoms with Gasteiger partial charge in [-0.15, -0.1) is 0 Å². The van der Waals surface area contributed by atoms with Crippen molar-refractivity contribution >= 4 is 44.4 Å². The third kappa shape index (κ3) is 6.16. The summed E-state index contributed by atoms with van der Waals surface area (Å²) in [5.41, 5.74) is 7.58. The van der Waals surface area contributed by atoms with Gasteiger partial charge < -0.3 is 23.5 Å². The van der Waals surface area contributed by atoms with Crippen LogP contribution in [-0.2, 0) is 21.3 Å². The highest BCUT2D eigenvalue weighted by Gasteiger charge is 2.36. The van der Waals surface area contributed by atoms with E-state index in [0.29, 0.717) is 50.2 Å². The van der Waals surface area contributed by atoms with Gasteiger partial charge in [0.05, 0.1) is 49.8 Å². The van der Waals surface area contributed by atoms with Crippen LogP contribution >= 0.6 is 0 Å². The van der Waals surface area contributed by atoms with Crippen LogP contribution in [0, 0.1) is 0 Å². The summed E-state index contributed by atoms with van der Waals surface area (Å²) >= 11 is 0. The van der Waals surface area contributed by atoms with Crippen LogP contribution in [0.1, 0.15) is 108 Å². The van der Waals surface area contributed by atoms with Crippen LogP contribution in [0.15, 0.2) is 42.7 Å². The molecule has 2 aromatic carbocycles. The van der Waals surface area contributed by atoms with Gasteiger partial charge in [0.15, 0.2) is 0 Å². The SMILES string of the molecule is COc1ccc2c(c1)C=C(c1ncn(C3CC3)c1C(=O)N1CCOCC1)Cn1c-2c(C2CCCCC2)c2ccc(C(=O)NS(=O)(=O)C(C)C)cc21. The van der Waals surface area contributed by atoms with Crippen LogP contribution in [0.5, 0.6) is 5.75 Å². The molecule has 1 N–H and O–H groups in total. The number of benzene rings is 2. The molecule has 11 nitrogen and oxygen atoms in total. The zero-order valence-electron chi connectivity index (χ0n) is 29.5. The molecule has 1 saturated heterocycles. The van der Waals surface area contributed by atoms with Crippen LogP contribution in [0.4, 0.5) is 0 Å². The fourth-order valence-corrected chi connectivity index (χ4v) is 8.60. The van der Waals surface area contributed by atoms with Crippen LogP contribution < -0.4 is 9.46 Å². The Kier molecular flexibility index (Phi) is 8.78. The molecular formula is C39H45N5O6S. The summed E-state index contributed by atoms with van der Waals surface area (Å²) in [7, 11) is -2.17. The zero-order valence-corrected chi connectivity index (χ0v) is 30.3. The molecule has 4 heterocycles. The normalized spacial score (nSPS) is 18.3. The van der Waals surface area contributed by atoms with Crippen molar-refractivity contribution in [2.45, 2.75) is 82.5 Å². The second-order valence-corrected chi connectivity index (χ2v) is 16.8. The first-order chi connectivity index (χ1) is 24.6. The van der Waals surface area contributed by atoms with E-state index in [-0.39, 0.29) is 17.5 Å². The first-order valence-electron chi connectivity index (χ1n) is 18.2. The smallest absolute Gasteiger partial charge is 0.272 e. The largest absolute Gasteiger partial charge is 0.497 e. The van der Waals surface area contributed by atoms with Crippen molar-refractivity contribution < 1.29 is 27.5 Å². The fraction of sp³-hybridized carbons (Fsp3) is 0.462. The van der Waals surface area contributed by atoms with Crippen LogP contribution in [0.25, 0.3) is 33.8 Å². The molecule has 2 aromatic heterocycles. The Morgan fingerprint density at radius 2 is 1.76 bits per heavy atom. The minimum atomic E-state index is -3.83. The lowest BCUT2D eigenvalue weighted by Gasteiger charge is -2.27. The molecule has 0 bridgehead atoms. The lowest BCUT2D eigenvalue weighted by atomic mass is 9.81. The first kappa shape index (κ1) is 33.7. The summed E-state index contributed by atoms with van der Waals surface area (Å²) < 4.78 is 43.3. The van der Waals surface area contributed by atoms with Crippen LogP contribution in [0.2, 0.25) is 0 Å². The lowest BCUT2D eigenvalue weighted by molar-refractivity contribution is 0.0295. The summed E-state index contributed by atoms with van der Waals surface area (Å²) in [5.74, 6) is 0.352. The van der Waals surface area contributed by atoms with E-state index < -0.39 is 21.2 Å². The van der Waals surface area contributed by atoms with Crippen molar-refractivity contribution in [1.29, 1.82) is 0 Å². The summed E-state index contributed by atoms with van der Waals surface area (Å²) in [6, 6.07) is 11.9. The monoisotopic (exact) mass is 711 g/mol. The van der Waals surface area contributed by atoms with Gasteiger partial charge in [0.1, 0.15) is 11.4 Å². The molecule has 0 radical (unpaired) electrons. The van der Waals surface area contributed by atoms with Gasteiger partial charge in [0.25, 0.3) is 11.8 Å². The number of methoxy groups -OCH3 is 1. The number of hydrogen-bond donors (Lipinski definition) is 1. The second-order valence-electron chi connectivity index (χ2n) is 14.5. The first-order valence-corrected chi connectivity index (χ1v) is 19.7. The maximum atomic E-state index is 14.3. The van der Waals surface area contributed by atoms with Crippen LogP contribution in [0.3, 0.4) is 0 Å². The van der Waals surface area contributed by atoms with Gasteiger partial charge in [-0.2, -0.15) is 0 Å². The van der Waals surface area contributed by atoms with Gasteiger partial charge >= 0.3 is 0 Å². The van der Waals surface area contributed by atoms with Crippen LogP contribution in [-0.4, -0.2) is 77.9 Å². The number of nitrogens with one attached hydrogen (secondary N) is 1. The highest BCUT2D eigenvalue weighted by Crippen LogP contribution is 2.48. The number of amides is 2. The van der Waals surface area contributed by atoms with E-state index in [2.05, 4.69) is 26.0 Å². The molecule has 4 aromatic rings. The molecule has 3 fully saturated rings. The van der Waals surface area contributed by atoms with E-state index in [9.17, 15) is 18.0 Å². The minimum absolute atomic E-state index is 0.0421. The number of carbonyl (C=O) groups is 2. The van der Waals surface area contributed by atoms with Gasteiger partial charge in [0.2, 0.25) is 10.0 Å². The number of allylic oxidation sites excluding steroid dienone is 1. The summed E-state index contributed by atoms with van der Waals surface area (Å²) in [6.07, 6.45) is 11.6. The van der Waals surface area contributed by atoms with Gasteiger partial charge in [-0.25, -0.2) is 18.1 Å². The van der Waals surface area contributed by atoms with Crippen molar-refractivity contribution in [1.82, 2.24) is 23.7 Å². The van der Waals surface area contributed by atoms with E-state index in [1.54, 1.807) is 27.0 Å². The van der Waals surface area contributed by atoms with Gasteiger partial charge in [-0.1, -0.05) is 25.3 Å². The molecule has 268 valence electrons. The average Bonchev–Trinajstić information content (AvgIpc) is 3.85. The Morgan fingerprint density at radius 3 is 2.47 bits per heavy atom. The molecule has 8 rings (SSSR count). The van der Waals surface area contributed by atoms with E-state index in [0.717, 1.165) is 77.6 Å². The number of morpholine rings is 1. The van der Waals surface area contributed by atoms with E-state index >= 15 is 0 Å². The molecule has 0 spiro atoms. The third-order valence-corrected chi connectivity index (χ3v) is 12.7. The molecule has 12 heteroatoms. The quantitative estimate of drug-likeness (QED) is 0.225. The van der Waals surface area contributed by atoms with E-state index in [4.69, 9.17) is 14.5 Å². The van der Waals surface area contributed by atoms with Gasteiger partial charge in [-0.05, 0) is 93.0 Å². The number of hydrogen-bond acceptors (Lipinski definition) is 7. The predicted octanol–water partition coefficient (Wildman–Crippen LogP) is 6.39. The topological polar surface area (TPSA) is 125 Å². The number of imidazole rings is 1. The Labute approximate surface area is 298 Å². The molecule has 0 atom stereocenters. The molecule has 2 aliphatic heterocycles. The van der Waals surface area contributed by atoms with Crippen molar-refractivity contribution in [3.63, 3.8) is 0 Å². The number of aromatic nitrogens is 3. The van der Waals surface area contributed by atoms with Gasteiger partial charge in [-0.3, -0.25) is 9.59 Å². The molecule has 4 aliphatic rings. The molecule has 2 aliphatic carbocycles. The zero-order chi connectivity index (χ0) is 35.4. The van der Waals surface area contributed by atoms with Crippen molar-refractivity contribution in [2.24, 2.45) is 0 Å². The summed E-state index contributed by atoms with van der Waals surface area (Å²) in [4.78, 5) is 34.6.